The molecule has 168 valence electrons. The molecule has 6 heteroatoms. The van der Waals surface area contributed by atoms with Crippen LogP contribution in [0.15, 0.2) is 60.8 Å². The van der Waals surface area contributed by atoms with Crippen LogP contribution in [0.4, 0.5) is 0 Å². The Morgan fingerprint density at radius 3 is 2.23 bits per heavy atom. The summed E-state index contributed by atoms with van der Waals surface area (Å²) in [5, 5.41) is 37.2. The molecule has 0 heterocycles. The van der Waals surface area contributed by atoms with Crippen LogP contribution in [0, 0.1) is 0 Å². The molecule has 6 nitrogen and oxygen atoms in total. The van der Waals surface area contributed by atoms with Crippen molar-refractivity contribution in [2.24, 2.45) is 0 Å². The summed E-state index contributed by atoms with van der Waals surface area (Å²) in [6, 6.07) is 0. The molecule has 0 saturated carbocycles. The summed E-state index contributed by atoms with van der Waals surface area (Å²) in [6.45, 7) is 1.77. The number of carbonyl (C=O) groups excluding carboxylic acids is 1. The molecule has 3 unspecified atom stereocenters. The monoisotopic (exact) mass is 420 g/mol. The van der Waals surface area contributed by atoms with E-state index >= 15 is 0 Å². The Hall–Kier alpha value is -2.28. The number of unbranched alkanes of at least 4 members (excludes halogenated alkanes) is 1. The molecule has 30 heavy (non-hydrogen) atoms. The van der Waals surface area contributed by atoms with Gasteiger partial charge in [0.05, 0.1) is 18.3 Å². The Bertz CT molecular complexity index is 613. The molecule has 0 aliphatic carbocycles. The largest absolute Gasteiger partial charge is 0.478 e. The zero-order valence-electron chi connectivity index (χ0n) is 17.8. The van der Waals surface area contributed by atoms with Gasteiger partial charge in [-0.05, 0) is 45.4 Å². The molecule has 0 aromatic carbocycles. The maximum atomic E-state index is 11.9. The Labute approximate surface area is 179 Å². The number of ketones is 1. The highest BCUT2D eigenvalue weighted by Crippen LogP contribution is 2.06. The van der Waals surface area contributed by atoms with Crippen LogP contribution in [0.3, 0.4) is 0 Å². The molecule has 0 aromatic heterocycles. The number of hydrogen-bond donors (Lipinski definition) is 4. The Morgan fingerprint density at radius 1 is 0.867 bits per heavy atom. The fourth-order valence-electron chi connectivity index (χ4n) is 2.48. The van der Waals surface area contributed by atoms with E-state index < -0.39 is 18.2 Å². The SMILES string of the molecule is CC(O)CCCC=CCCC(=O)CC(O)CC=CC=CC(O)CC=CC=CC(=O)O. The minimum Gasteiger partial charge on any atom is -0.478 e. The Morgan fingerprint density at radius 2 is 1.53 bits per heavy atom. The van der Waals surface area contributed by atoms with Gasteiger partial charge in [-0.1, -0.05) is 54.7 Å². The number of rotatable bonds is 17. The van der Waals surface area contributed by atoms with Gasteiger partial charge < -0.3 is 20.4 Å². The van der Waals surface area contributed by atoms with Crippen LogP contribution in [0.2, 0.25) is 0 Å². The van der Waals surface area contributed by atoms with E-state index in [2.05, 4.69) is 0 Å². The van der Waals surface area contributed by atoms with Crippen molar-refractivity contribution in [2.75, 3.05) is 0 Å². The van der Waals surface area contributed by atoms with Crippen LogP contribution in [0.1, 0.15) is 58.3 Å². The van der Waals surface area contributed by atoms with Crippen molar-refractivity contribution < 1.29 is 30.0 Å². The first-order valence-corrected chi connectivity index (χ1v) is 10.4. The molecular weight excluding hydrogens is 384 g/mol. The molecule has 0 spiro atoms. The van der Waals surface area contributed by atoms with Crippen molar-refractivity contribution in [3.8, 4) is 0 Å². The summed E-state index contributed by atoms with van der Waals surface area (Å²) in [5.41, 5.74) is 0. The minimum atomic E-state index is -1.02. The number of carbonyl (C=O) groups is 2. The van der Waals surface area contributed by atoms with Crippen molar-refractivity contribution in [1.82, 2.24) is 0 Å². The molecule has 0 aliphatic rings. The van der Waals surface area contributed by atoms with Gasteiger partial charge in [0.2, 0.25) is 0 Å². The summed E-state index contributed by atoms with van der Waals surface area (Å²) >= 11 is 0. The molecule has 0 radical (unpaired) electrons. The Balaban J connectivity index is 3.90. The highest BCUT2D eigenvalue weighted by molar-refractivity contribution is 5.80. The number of carboxylic acid groups (broad SMARTS) is 1. The summed E-state index contributed by atoms with van der Waals surface area (Å²) in [4.78, 5) is 22.1. The van der Waals surface area contributed by atoms with Gasteiger partial charge >= 0.3 is 5.97 Å². The lowest BCUT2D eigenvalue weighted by molar-refractivity contribution is -0.131. The lowest BCUT2D eigenvalue weighted by Gasteiger charge is -2.06. The van der Waals surface area contributed by atoms with Crippen molar-refractivity contribution in [3.63, 3.8) is 0 Å². The molecule has 0 fully saturated rings. The number of Topliss-reactive ketones (excluding diaryl/α,β-unsaturated/α-hetero) is 1. The predicted octanol–water partition coefficient (Wildman–Crippen LogP) is 3.64. The normalized spacial score (nSPS) is 15.7. The van der Waals surface area contributed by atoms with Crippen molar-refractivity contribution in [2.45, 2.75) is 76.6 Å². The average Bonchev–Trinajstić information content (AvgIpc) is 2.66. The van der Waals surface area contributed by atoms with Crippen molar-refractivity contribution in [1.29, 1.82) is 0 Å². The van der Waals surface area contributed by atoms with Gasteiger partial charge in [-0.15, -0.1) is 0 Å². The first-order chi connectivity index (χ1) is 14.3. The maximum absolute atomic E-state index is 11.9. The van der Waals surface area contributed by atoms with Gasteiger partial charge in [-0.25, -0.2) is 4.79 Å². The van der Waals surface area contributed by atoms with E-state index in [1.54, 1.807) is 43.4 Å². The van der Waals surface area contributed by atoms with Gasteiger partial charge in [-0.2, -0.15) is 0 Å². The highest BCUT2D eigenvalue weighted by Gasteiger charge is 2.08. The summed E-state index contributed by atoms with van der Waals surface area (Å²) in [7, 11) is 0. The molecule has 0 bridgehead atoms. The van der Waals surface area contributed by atoms with Crippen LogP contribution < -0.4 is 0 Å². The quantitative estimate of drug-likeness (QED) is 0.124. The smallest absolute Gasteiger partial charge is 0.328 e. The molecule has 0 amide bonds. The van der Waals surface area contributed by atoms with E-state index in [-0.39, 0.29) is 18.3 Å². The zero-order valence-corrected chi connectivity index (χ0v) is 17.8. The van der Waals surface area contributed by atoms with E-state index in [0.717, 1.165) is 25.3 Å². The number of allylic oxidation sites excluding steroid dienone is 6. The van der Waals surface area contributed by atoms with E-state index in [0.29, 0.717) is 25.7 Å². The highest BCUT2D eigenvalue weighted by atomic mass is 16.4. The standard InChI is InChI=1S/C24H36O6/c1-20(25)13-7-3-2-4-8-16-22(27)19-23(28)17-11-5-9-14-21(26)15-10-6-12-18-24(29)30/h2,4-6,9-12,14,18,20-21,23,25-26,28H,3,7-8,13,15-17,19H2,1H3,(H,29,30). The van der Waals surface area contributed by atoms with E-state index in [1.165, 1.54) is 6.08 Å². The maximum Gasteiger partial charge on any atom is 0.328 e. The number of carboxylic acids is 1. The topological polar surface area (TPSA) is 115 Å². The van der Waals surface area contributed by atoms with E-state index in [1.807, 2.05) is 12.2 Å². The molecule has 3 atom stereocenters. The predicted molar refractivity (Wildman–Crippen MR) is 119 cm³/mol. The fourth-order valence-corrected chi connectivity index (χ4v) is 2.48. The summed E-state index contributed by atoms with van der Waals surface area (Å²) in [6.07, 6.45) is 19.2. The number of hydrogen-bond acceptors (Lipinski definition) is 5. The minimum absolute atomic E-state index is 0.0271. The second-order valence-electron chi connectivity index (χ2n) is 7.16. The molecule has 0 saturated heterocycles. The molecule has 0 rings (SSSR count). The third-order valence-electron chi connectivity index (χ3n) is 4.06. The summed E-state index contributed by atoms with van der Waals surface area (Å²) < 4.78 is 0. The number of aliphatic hydroxyl groups is 3. The number of aliphatic carboxylic acids is 1. The van der Waals surface area contributed by atoms with Crippen LogP contribution in [0.25, 0.3) is 0 Å². The lowest BCUT2D eigenvalue weighted by Crippen LogP contribution is -2.12. The summed E-state index contributed by atoms with van der Waals surface area (Å²) in [5.74, 6) is -0.995. The van der Waals surface area contributed by atoms with Crippen molar-refractivity contribution >= 4 is 11.8 Å². The molecule has 0 aromatic rings. The van der Waals surface area contributed by atoms with Crippen LogP contribution in [0.5, 0.6) is 0 Å². The van der Waals surface area contributed by atoms with Gasteiger partial charge in [-0.3, -0.25) is 4.79 Å². The second-order valence-corrected chi connectivity index (χ2v) is 7.16. The molecule has 4 N–H and O–H groups in total. The van der Waals surface area contributed by atoms with E-state index in [4.69, 9.17) is 10.2 Å². The third-order valence-corrected chi connectivity index (χ3v) is 4.06. The van der Waals surface area contributed by atoms with Gasteiger partial charge in [0.25, 0.3) is 0 Å². The lowest BCUT2D eigenvalue weighted by atomic mass is 10.1. The molecular formula is C24H36O6. The zero-order chi connectivity index (χ0) is 22.6. The second kappa shape index (κ2) is 18.7. The van der Waals surface area contributed by atoms with Gasteiger partial charge in [0, 0.05) is 18.9 Å². The Kier molecular flexibility index (Phi) is 17.3. The van der Waals surface area contributed by atoms with Gasteiger partial charge in [0.15, 0.2) is 0 Å². The fraction of sp³-hybridized carbons (Fsp3) is 0.500. The first kappa shape index (κ1) is 27.7. The van der Waals surface area contributed by atoms with Crippen molar-refractivity contribution in [3.05, 3.63) is 60.8 Å². The third kappa shape index (κ3) is 20.5. The average molecular weight is 421 g/mol. The number of aliphatic hydroxyl groups excluding tert-OH is 3. The van der Waals surface area contributed by atoms with Gasteiger partial charge in [0.1, 0.15) is 5.78 Å². The van der Waals surface area contributed by atoms with Crippen LogP contribution >= 0.6 is 0 Å². The van der Waals surface area contributed by atoms with Crippen LogP contribution in [-0.4, -0.2) is 50.5 Å². The van der Waals surface area contributed by atoms with Crippen LogP contribution in [-0.2, 0) is 9.59 Å². The first-order valence-electron chi connectivity index (χ1n) is 10.4. The van der Waals surface area contributed by atoms with E-state index in [9.17, 15) is 19.8 Å². The molecule has 0 aliphatic heterocycles.